The Morgan fingerprint density at radius 3 is 2.45 bits per heavy atom. The van der Waals surface area contributed by atoms with Gasteiger partial charge in [0.1, 0.15) is 0 Å². The molecule has 1 N–H and O–H groups in total. The predicted octanol–water partition coefficient (Wildman–Crippen LogP) is 1.60. The molecule has 0 spiro atoms. The SMILES string of the molecule is CNC1CCCN(CC(=O)N2CC(C)CC(C)C2)C1.Cl. The second kappa shape index (κ2) is 8.20. The van der Waals surface area contributed by atoms with Gasteiger partial charge in [0.15, 0.2) is 0 Å². The van der Waals surface area contributed by atoms with Crippen molar-refractivity contribution in [2.24, 2.45) is 11.8 Å². The highest BCUT2D eigenvalue weighted by atomic mass is 35.5. The fourth-order valence-corrected chi connectivity index (χ4v) is 3.59. The number of hydrogen-bond acceptors (Lipinski definition) is 3. The molecule has 0 bridgehead atoms. The molecule has 118 valence electrons. The average Bonchev–Trinajstić information content (AvgIpc) is 2.37. The molecule has 2 fully saturated rings. The van der Waals surface area contributed by atoms with E-state index in [2.05, 4.69) is 29.0 Å². The van der Waals surface area contributed by atoms with E-state index in [0.29, 0.717) is 30.3 Å². The van der Waals surface area contributed by atoms with Crippen molar-refractivity contribution >= 4 is 18.3 Å². The van der Waals surface area contributed by atoms with Gasteiger partial charge in [-0.1, -0.05) is 13.8 Å². The largest absolute Gasteiger partial charge is 0.341 e. The number of halogens is 1. The van der Waals surface area contributed by atoms with Gasteiger partial charge >= 0.3 is 0 Å². The number of likely N-dealkylation sites (tertiary alicyclic amines) is 2. The van der Waals surface area contributed by atoms with Crippen LogP contribution in [0.4, 0.5) is 0 Å². The van der Waals surface area contributed by atoms with Crippen molar-refractivity contribution in [2.75, 3.05) is 39.8 Å². The zero-order chi connectivity index (χ0) is 13.8. The van der Waals surface area contributed by atoms with Gasteiger partial charge in [-0.15, -0.1) is 12.4 Å². The summed E-state index contributed by atoms with van der Waals surface area (Å²) in [5.41, 5.74) is 0. The number of nitrogens with one attached hydrogen (secondary N) is 1. The highest BCUT2D eigenvalue weighted by molar-refractivity contribution is 5.85. The highest BCUT2D eigenvalue weighted by Gasteiger charge is 2.27. The maximum atomic E-state index is 12.4. The number of amides is 1. The molecule has 0 aromatic carbocycles. The fourth-order valence-electron chi connectivity index (χ4n) is 3.59. The Morgan fingerprint density at radius 2 is 1.85 bits per heavy atom. The fraction of sp³-hybridized carbons (Fsp3) is 0.933. The molecular formula is C15H30ClN3O. The molecular weight excluding hydrogens is 274 g/mol. The first-order valence-corrected chi connectivity index (χ1v) is 7.76. The van der Waals surface area contributed by atoms with Gasteiger partial charge in [-0.05, 0) is 44.7 Å². The first-order chi connectivity index (χ1) is 9.08. The Bertz CT molecular complexity index is 303. The van der Waals surface area contributed by atoms with E-state index in [1.54, 1.807) is 0 Å². The summed E-state index contributed by atoms with van der Waals surface area (Å²) in [6.07, 6.45) is 3.69. The Balaban J connectivity index is 0.00000200. The van der Waals surface area contributed by atoms with Crippen LogP contribution in [0.5, 0.6) is 0 Å². The Hall–Kier alpha value is -0.320. The second-order valence-electron chi connectivity index (χ2n) is 6.61. The van der Waals surface area contributed by atoms with Crippen LogP contribution in [0.15, 0.2) is 0 Å². The summed E-state index contributed by atoms with van der Waals surface area (Å²) in [4.78, 5) is 16.8. The number of rotatable bonds is 3. The first kappa shape index (κ1) is 17.7. The zero-order valence-electron chi connectivity index (χ0n) is 13.1. The molecule has 4 nitrogen and oxygen atoms in total. The molecule has 2 rings (SSSR count). The summed E-state index contributed by atoms with van der Waals surface area (Å²) in [5.74, 6) is 1.63. The van der Waals surface area contributed by atoms with Crippen molar-refractivity contribution in [3.63, 3.8) is 0 Å². The van der Waals surface area contributed by atoms with Crippen LogP contribution in [0.1, 0.15) is 33.1 Å². The van der Waals surface area contributed by atoms with Gasteiger partial charge < -0.3 is 10.2 Å². The van der Waals surface area contributed by atoms with Gasteiger partial charge in [-0.25, -0.2) is 0 Å². The maximum absolute atomic E-state index is 12.4. The summed E-state index contributed by atoms with van der Waals surface area (Å²) in [6, 6.07) is 0.556. The van der Waals surface area contributed by atoms with Crippen molar-refractivity contribution in [3.8, 4) is 0 Å². The van der Waals surface area contributed by atoms with E-state index in [1.165, 1.54) is 19.3 Å². The van der Waals surface area contributed by atoms with Gasteiger partial charge in [-0.2, -0.15) is 0 Å². The monoisotopic (exact) mass is 303 g/mol. The Morgan fingerprint density at radius 1 is 1.20 bits per heavy atom. The van der Waals surface area contributed by atoms with Crippen LogP contribution in [-0.2, 0) is 4.79 Å². The van der Waals surface area contributed by atoms with Gasteiger partial charge in [-0.3, -0.25) is 9.69 Å². The van der Waals surface area contributed by atoms with Crippen molar-refractivity contribution in [1.29, 1.82) is 0 Å². The third kappa shape index (κ3) is 4.90. The number of carbonyl (C=O) groups excluding carboxylic acids is 1. The van der Waals surface area contributed by atoms with Gasteiger partial charge in [0.05, 0.1) is 6.54 Å². The van der Waals surface area contributed by atoms with E-state index in [9.17, 15) is 4.79 Å². The normalized spacial score (nSPS) is 31.8. The number of carbonyl (C=O) groups is 1. The van der Waals surface area contributed by atoms with E-state index in [4.69, 9.17) is 0 Å². The highest BCUT2D eigenvalue weighted by Crippen LogP contribution is 2.21. The topological polar surface area (TPSA) is 35.6 Å². The number of piperidine rings is 2. The maximum Gasteiger partial charge on any atom is 0.236 e. The molecule has 0 aromatic rings. The molecule has 2 saturated heterocycles. The standard InChI is InChI=1S/C15H29N3O.ClH/c1-12-7-13(2)9-18(8-12)15(19)11-17-6-4-5-14(10-17)16-3;/h12-14,16H,4-11H2,1-3H3;1H. The van der Waals surface area contributed by atoms with Crippen molar-refractivity contribution in [3.05, 3.63) is 0 Å². The quantitative estimate of drug-likeness (QED) is 0.860. The summed E-state index contributed by atoms with van der Waals surface area (Å²) in [7, 11) is 2.02. The molecule has 0 saturated carbocycles. The van der Waals surface area contributed by atoms with Crippen LogP contribution < -0.4 is 5.32 Å². The lowest BCUT2D eigenvalue weighted by molar-refractivity contribution is -0.135. The minimum absolute atomic E-state index is 0. The number of likely N-dealkylation sites (N-methyl/N-ethyl adjacent to an activating group) is 1. The summed E-state index contributed by atoms with van der Waals surface area (Å²) < 4.78 is 0. The van der Waals surface area contributed by atoms with Crippen molar-refractivity contribution in [1.82, 2.24) is 15.1 Å². The van der Waals surface area contributed by atoms with Crippen LogP contribution in [0.3, 0.4) is 0 Å². The molecule has 3 unspecified atom stereocenters. The summed E-state index contributed by atoms with van der Waals surface area (Å²) in [5, 5.41) is 3.33. The predicted molar refractivity (Wildman–Crippen MR) is 85.3 cm³/mol. The summed E-state index contributed by atoms with van der Waals surface area (Å²) in [6.45, 7) is 9.11. The van der Waals surface area contributed by atoms with E-state index < -0.39 is 0 Å². The second-order valence-corrected chi connectivity index (χ2v) is 6.61. The van der Waals surface area contributed by atoms with Crippen LogP contribution in [0.2, 0.25) is 0 Å². The van der Waals surface area contributed by atoms with Crippen LogP contribution in [-0.4, -0.2) is 61.5 Å². The van der Waals surface area contributed by atoms with Gasteiger partial charge in [0.25, 0.3) is 0 Å². The van der Waals surface area contributed by atoms with Crippen molar-refractivity contribution in [2.45, 2.75) is 39.2 Å². The van der Waals surface area contributed by atoms with Gasteiger partial charge in [0.2, 0.25) is 5.91 Å². The molecule has 1 amide bonds. The van der Waals surface area contributed by atoms with Crippen LogP contribution in [0, 0.1) is 11.8 Å². The minimum atomic E-state index is 0. The van der Waals surface area contributed by atoms with Gasteiger partial charge in [0, 0.05) is 25.7 Å². The molecule has 5 heteroatoms. The van der Waals surface area contributed by atoms with E-state index in [0.717, 1.165) is 26.2 Å². The Kier molecular flexibility index (Phi) is 7.27. The molecule has 3 atom stereocenters. The number of nitrogens with zero attached hydrogens (tertiary/aromatic N) is 2. The first-order valence-electron chi connectivity index (χ1n) is 7.76. The van der Waals surface area contributed by atoms with Crippen LogP contribution >= 0.6 is 12.4 Å². The Labute approximate surface area is 129 Å². The zero-order valence-corrected chi connectivity index (χ0v) is 13.9. The van der Waals surface area contributed by atoms with E-state index in [-0.39, 0.29) is 12.4 Å². The molecule has 0 aromatic heterocycles. The third-order valence-electron chi connectivity index (χ3n) is 4.49. The molecule has 0 radical (unpaired) electrons. The molecule has 2 aliphatic heterocycles. The molecule has 20 heavy (non-hydrogen) atoms. The summed E-state index contributed by atoms with van der Waals surface area (Å²) >= 11 is 0. The smallest absolute Gasteiger partial charge is 0.236 e. The molecule has 0 aliphatic carbocycles. The van der Waals surface area contributed by atoms with Crippen molar-refractivity contribution < 1.29 is 4.79 Å². The van der Waals surface area contributed by atoms with Crippen LogP contribution in [0.25, 0.3) is 0 Å². The number of hydrogen-bond donors (Lipinski definition) is 1. The lowest BCUT2D eigenvalue weighted by Gasteiger charge is -2.38. The minimum Gasteiger partial charge on any atom is -0.341 e. The molecule has 2 aliphatic rings. The lowest BCUT2D eigenvalue weighted by atomic mass is 9.92. The molecule has 2 heterocycles. The average molecular weight is 304 g/mol. The lowest BCUT2D eigenvalue weighted by Crippen LogP contribution is -2.51. The van der Waals surface area contributed by atoms with E-state index in [1.807, 2.05) is 7.05 Å². The van der Waals surface area contributed by atoms with E-state index >= 15 is 0 Å². The third-order valence-corrected chi connectivity index (χ3v) is 4.49.